The summed E-state index contributed by atoms with van der Waals surface area (Å²) in [5.41, 5.74) is 1.14. The van der Waals surface area contributed by atoms with E-state index in [2.05, 4.69) is 10.6 Å². The van der Waals surface area contributed by atoms with Crippen molar-refractivity contribution in [1.82, 2.24) is 29.9 Å². The Morgan fingerprint density at radius 1 is 0.918 bits per heavy atom. The summed E-state index contributed by atoms with van der Waals surface area (Å²) in [5.74, 6) is -3.26. The average Bonchev–Trinajstić information content (AvgIpc) is 3.89. The molecule has 3 heterocycles. The molecule has 0 radical (unpaired) electrons. The highest BCUT2D eigenvalue weighted by Gasteiger charge is 2.47. The molecule has 0 saturated carbocycles. The molecule has 6 amide bonds. The summed E-state index contributed by atoms with van der Waals surface area (Å²) in [5, 5.41) is 15.5. The summed E-state index contributed by atoms with van der Waals surface area (Å²) in [6.07, 6.45) is 3.58. The third-order valence-electron chi connectivity index (χ3n) is 10.9. The number of rotatable bonds is 17. The van der Waals surface area contributed by atoms with E-state index in [4.69, 9.17) is 0 Å². The molecule has 0 aliphatic carbocycles. The second kappa shape index (κ2) is 19.9. The van der Waals surface area contributed by atoms with Crippen LogP contribution >= 0.6 is 11.8 Å². The predicted octanol–water partition coefficient (Wildman–Crippen LogP) is 6.09. The second-order valence-corrected chi connectivity index (χ2v) is 18.7. The number of nitrogens with zero attached hydrogens (tertiary/aromatic N) is 4. The highest BCUT2D eigenvalue weighted by Crippen LogP contribution is 2.44. The molecule has 61 heavy (non-hydrogen) atoms. The number of amides is 6. The SMILES string of the molecule is CC(C)(C)C1C(CN(C(=O)CSCCC(=O)NCCNC(=O)CN2C(=O)C=CC2=O)[C@@H](c2cc(-c3cc(F)ccc3F)cn2Cc2ccccc2)C(C)(C)C)CCN1C(=O)O. The first-order valence-corrected chi connectivity index (χ1v) is 21.5. The number of likely N-dealkylation sites (tertiary alicyclic amines) is 1. The van der Waals surface area contributed by atoms with Crippen molar-refractivity contribution in [2.75, 3.05) is 44.2 Å². The lowest BCUT2D eigenvalue weighted by Gasteiger charge is -2.44. The monoisotopic (exact) mass is 862 g/mol. The van der Waals surface area contributed by atoms with Gasteiger partial charge in [0.2, 0.25) is 17.7 Å². The highest BCUT2D eigenvalue weighted by molar-refractivity contribution is 7.99. The molecule has 2 aromatic carbocycles. The van der Waals surface area contributed by atoms with Gasteiger partial charge in [0.05, 0.1) is 11.8 Å². The number of hydrogen-bond acceptors (Lipinski definition) is 7. The standard InChI is InChI=1S/C45H56F2N6O7S/c1-44(2,3)41-30(16-20-51(41)43(59)60)26-53(40(58)28-61-21-17-36(54)48-18-19-49-37(55)27-52-38(56)14-15-39(52)57)42(45(4,5)6)35-22-31(33-23-32(46)12-13-34(33)47)25-50(35)24-29-10-8-7-9-11-29/h7-15,22-23,25,30,41-42H,16-21,24,26-28H2,1-6H3,(H,48,54)(H,49,55)(H,59,60)/t30?,41?,42-/m0/s1. The number of carboxylic acid groups (broad SMARTS) is 1. The molecule has 13 nitrogen and oxygen atoms in total. The fourth-order valence-corrected chi connectivity index (χ4v) is 9.15. The van der Waals surface area contributed by atoms with Gasteiger partial charge in [-0.15, -0.1) is 0 Å². The molecule has 3 atom stereocenters. The molecule has 2 aliphatic rings. The molecule has 1 saturated heterocycles. The number of aromatic nitrogens is 1. The van der Waals surface area contributed by atoms with Crippen LogP contribution in [-0.4, -0.2) is 110 Å². The van der Waals surface area contributed by atoms with Crippen LogP contribution in [0.1, 0.15) is 71.7 Å². The van der Waals surface area contributed by atoms with Crippen molar-refractivity contribution in [2.45, 2.75) is 73.0 Å². The number of imide groups is 1. The van der Waals surface area contributed by atoms with Crippen LogP contribution in [0, 0.1) is 28.4 Å². The van der Waals surface area contributed by atoms with Crippen molar-refractivity contribution >= 4 is 47.4 Å². The predicted molar refractivity (Wildman–Crippen MR) is 229 cm³/mol. The molecule has 2 unspecified atom stereocenters. The van der Waals surface area contributed by atoms with E-state index in [0.29, 0.717) is 36.5 Å². The Morgan fingerprint density at radius 2 is 1.57 bits per heavy atom. The van der Waals surface area contributed by atoms with Gasteiger partial charge in [-0.3, -0.25) is 28.9 Å². The van der Waals surface area contributed by atoms with Gasteiger partial charge in [0, 0.05) is 86.1 Å². The minimum atomic E-state index is -1.02. The number of hydrogen-bond donors (Lipinski definition) is 3. The first kappa shape index (κ1) is 46.6. The van der Waals surface area contributed by atoms with E-state index in [1.54, 1.807) is 6.20 Å². The Balaban J connectivity index is 1.37. The summed E-state index contributed by atoms with van der Waals surface area (Å²) in [4.78, 5) is 79.6. The maximum Gasteiger partial charge on any atom is 0.407 e. The zero-order valence-corrected chi connectivity index (χ0v) is 36.4. The molecule has 1 aromatic heterocycles. The van der Waals surface area contributed by atoms with Crippen molar-refractivity contribution in [2.24, 2.45) is 16.7 Å². The normalized spacial score (nSPS) is 17.2. The van der Waals surface area contributed by atoms with Crippen molar-refractivity contribution in [1.29, 1.82) is 0 Å². The van der Waals surface area contributed by atoms with E-state index in [1.807, 2.05) is 87.4 Å². The van der Waals surface area contributed by atoms with Crippen LogP contribution in [0.5, 0.6) is 0 Å². The number of benzene rings is 2. The summed E-state index contributed by atoms with van der Waals surface area (Å²) < 4.78 is 31.9. The van der Waals surface area contributed by atoms with Gasteiger partial charge in [0.1, 0.15) is 18.2 Å². The van der Waals surface area contributed by atoms with Crippen LogP contribution in [0.15, 0.2) is 72.9 Å². The lowest BCUT2D eigenvalue weighted by atomic mass is 9.78. The first-order chi connectivity index (χ1) is 28.7. The number of nitrogens with one attached hydrogen (secondary N) is 2. The van der Waals surface area contributed by atoms with Crippen molar-refractivity contribution in [3.63, 3.8) is 0 Å². The van der Waals surface area contributed by atoms with Crippen molar-refractivity contribution < 1.29 is 42.7 Å². The van der Waals surface area contributed by atoms with E-state index < -0.39 is 64.9 Å². The summed E-state index contributed by atoms with van der Waals surface area (Å²) in [7, 11) is 0. The van der Waals surface area contributed by atoms with Crippen LogP contribution in [-0.2, 0) is 30.5 Å². The van der Waals surface area contributed by atoms with E-state index in [1.165, 1.54) is 16.7 Å². The van der Waals surface area contributed by atoms with Gasteiger partial charge in [-0.25, -0.2) is 13.6 Å². The minimum absolute atomic E-state index is 0.0129. The molecule has 3 aromatic rings. The van der Waals surface area contributed by atoms with Crippen LogP contribution in [0.2, 0.25) is 0 Å². The lowest BCUT2D eigenvalue weighted by molar-refractivity contribution is -0.141. The van der Waals surface area contributed by atoms with Gasteiger partial charge in [0.15, 0.2) is 0 Å². The Kier molecular flexibility index (Phi) is 15.2. The molecule has 5 rings (SSSR count). The Morgan fingerprint density at radius 3 is 2.20 bits per heavy atom. The topological polar surface area (TPSA) is 161 Å². The van der Waals surface area contributed by atoms with Crippen LogP contribution in [0.25, 0.3) is 11.1 Å². The van der Waals surface area contributed by atoms with Crippen molar-refractivity contribution in [3.05, 3.63) is 95.8 Å². The molecule has 16 heteroatoms. The molecule has 328 valence electrons. The van der Waals surface area contributed by atoms with E-state index in [0.717, 1.165) is 40.8 Å². The molecule has 1 fully saturated rings. The fourth-order valence-electron chi connectivity index (χ4n) is 8.34. The zero-order chi connectivity index (χ0) is 44.6. The summed E-state index contributed by atoms with van der Waals surface area (Å²) >= 11 is 1.29. The maximum atomic E-state index is 15.3. The Bertz CT molecular complexity index is 2110. The molecular weight excluding hydrogens is 807 g/mol. The minimum Gasteiger partial charge on any atom is -0.465 e. The van der Waals surface area contributed by atoms with Gasteiger partial charge < -0.3 is 30.1 Å². The molecule has 2 aliphatic heterocycles. The van der Waals surface area contributed by atoms with Gasteiger partial charge in [-0.1, -0.05) is 71.9 Å². The molecular formula is C45H56F2N6O7S. The molecule has 0 bridgehead atoms. The Hall–Kier alpha value is -5.51. The largest absolute Gasteiger partial charge is 0.465 e. The summed E-state index contributed by atoms with van der Waals surface area (Å²) in [6.45, 7) is 12.7. The Labute approximate surface area is 359 Å². The highest BCUT2D eigenvalue weighted by atomic mass is 32.2. The fraction of sp³-hybridized carbons (Fsp3) is 0.467. The van der Waals surface area contributed by atoms with Crippen LogP contribution in [0.3, 0.4) is 0 Å². The van der Waals surface area contributed by atoms with E-state index in [-0.39, 0.29) is 55.1 Å². The second-order valence-electron chi connectivity index (χ2n) is 17.6. The number of halogens is 2. The molecule has 0 spiro atoms. The number of carbonyl (C=O) groups is 6. The average molecular weight is 863 g/mol. The number of carbonyl (C=O) groups excluding carboxylic acids is 5. The molecule has 3 N–H and O–H groups in total. The van der Waals surface area contributed by atoms with Crippen LogP contribution < -0.4 is 10.6 Å². The van der Waals surface area contributed by atoms with E-state index >= 15 is 4.39 Å². The maximum absolute atomic E-state index is 15.3. The smallest absolute Gasteiger partial charge is 0.407 e. The summed E-state index contributed by atoms with van der Waals surface area (Å²) in [6, 6.07) is 13.8. The van der Waals surface area contributed by atoms with Gasteiger partial charge in [-0.05, 0) is 53.0 Å². The zero-order valence-electron chi connectivity index (χ0n) is 35.6. The first-order valence-electron chi connectivity index (χ1n) is 20.4. The van der Waals surface area contributed by atoms with Gasteiger partial charge >= 0.3 is 6.09 Å². The third-order valence-corrected chi connectivity index (χ3v) is 11.8. The third kappa shape index (κ3) is 12.1. The van der Waals surface area contributed by atoms with E-state index in [9.17, 15) is 38.3 Å². The number of thioether (sulfide) groups is 1. The van der Waals surface area contributed by atoms with Crippen molar-refractivity contribution in [3.8, 4) is 11.1 Å². The lowest BCUT2D eigenvalue weighted by Crippen LogP contribution is -2.51. The van der Waals surface area contributed by atoms with Crippen LogP contribution in [0.4, 0.5) is 13.6 Å². The van der Waals surface area contributed by atoms with Gasteiger partial charge in [0.25, 0.3) is 11.8 Å². The quantitative estimate of drug-likeness (QED) is 0.109. The van der Waals surface area contributed by atoms with Gasteiger partial charge in [-0.2, -0.15) is 11.8 Å².